The number of hydrogen-bond acceptors (Lipinski definition) is 3. The van der Waals surface area contributed by atoms with E-state index >= 15 is 0 Å². The predicted octanol–water partition coefficient (Wildman–Crippen LogP) is 2.67. The van der Waals surface area contributed by atoms with Crippen LogP contribution < -0.4 is 5.32 Å². The lowest BCUT2D eigenvalue weighted by atomic mass is 10.0. The van der Waals surface area contributed by atoms with Gasteiger partial charge in [-0.2, -0.15) is 0 Å². The van der Waals surface area contributed by atoms with Crippen LogP contribution in [0.1, 0.15) is 46.1 Å². The van der Waals surface area contributed by atoms with Crippen LogP contribution >= 0.6 is 0 Å². The van der Waals surface area contributed by atoms with Gasteiger partial charge >= 0.3 is 0 Å². The summed E-state index contributed by atoms with van der Waals surface area (Å²) in [6.45, 7) is 10.9. The zero-order chi connectivity index (χ0) is 15.3. The molecule has 0 aromatic heterocycles. The summed E-state index contributed by atoms with van der Waals surface area (Å²) in [7, 11) is -1.15. The lowest BCUT2D eigenvalue weighted by Crippen LogP contribution is -2.42. The minimum atomic E-state index is -1.15. The molecule has 2 atom stereocenters. The molecule has 2 unspecified atom stereocenters. The summed E-state index contributed by atoms with van der Waals surface area (Å²) in [6.07, 6.45) is -0.597. The fourth-order valence-corrected chi connectivity index (χ4v) is 2.86. The van der Waals surface area contributed by atoms with E-state index in [9.17, 15) is 9.32 Å². The van der Waals surface area contributed by atoms with Gasteiger partial charge in [-0.15, -0.1) is 0 Å². The fraction of sp³-hybridized carbons (Fsp3) is 0.625. The Morgan fingerprint density at radius 2 is 1.75 bits per heavy atom. The number of hydrogen-bond donors (Lipinski definition) is 2. The Bertz CT molecular complexity index is 435. The van der Waals surface area contributed by atoms with Gasteiger partial charge in [0.25, 0.3) is 0 Å². The highest BCUT2D eigenvalue weighted by Gasteiger charge is 2.15. The third-order valence-corrected chi connectivity index (χ3v) is 4.51. The summed E-state index contributed by atoms with van der Waals surface area (Å²) < 4.78 is 12.2. The molecule has 0 radical (unpaired) electrons. The number of aliphatic hydroxyl groups is 1. The minimum Gasteiger partial charge on any atom is -0.391 e. The topological polar surface area (TPSA) is 49.3 Å². The first kappa shape index (κ1) is 17.3. The van der Waals surface area contributed by atoms with E-state index in [0.29, 0.717) is 12.5 Å². The van der Waals surface area contributed by atoms with Crippen LogP contribution in [0, 0.1) is 0 Å². The van der Waals surface area contributed by atoms with Crippen molar-refractivity contribution in [2.45, 2.75) is 57.1 Å². The van der Waals surface area contributed by atoms with Crippen LogP contribution in [0.5, 0.6) is 0 Å². The van der Waals surface area contributed by atoms with Crippen LogP contribution in [0.4, 0.5) is 0 Å². The van der Waals surface area contributed by atoms with Crippen LogP contribution in [0.25, 0.3) is 0 Å². The van der Waals surface area contributed by atoms with Crippen molar-refractivity contribution < 1.29 is 9.32 Å². The van der Waals surface area contributed by atoms with Crippen molar-refractivity contribution in [3.8, 4) is 0 Å². The molecule has 3 nitrogen and oxygen atoms in total. The maximum atomic E-state index is 12.2. The summed E-state index contributed by atoms with van der Waals surface area (Å²) in [5.74, 6) is 0.739. The number of nitrogens with one attached hydrogen (secondary N) is 1. The Labute approximate surface area is 125 Å². The van der Waals surface area contributed by atoms with Crippen LogP contribution in [0.3, 0.4) is 0 Å². The molecule has 0 saturated carbocycles. The molecule has 1 rings (SSSR count). The summed E-state index contributed by atoms with van der Waals surface area (Å²) in [5.41, 5.74) is 1.20. The molecule has 0 saturated heterocycles. The molecule has 1 aromatic carbocycles. The molecule has 0 fully saturated rings. The molecule has 0 heterocycles. The molecule has 0 bridgehead atoms. The van der Waals surface area contributed by atoms with E-state index in [-0.39, 0.29) is 11.3 Å². The molecule has 0 spiro atoms. The highest BCUT2D eigenvalue weighted by molar-refractivity contribution is 7.85. The zero-order valence-corrected chi connectivity index (χ0v) is 14.0. The van der Waals surface area contributed by atoms with Crippen molar-refractivity contribution in [2.24, 2.45) is 0 Å². The second kappa shape index (κ2) is 7.34. The van der Waals surface area contributed by atoms with Gasteiger partial charge in [0.1, 0.15) is 0 Å². The lowest BCUT2D eigenvalue weighted by Gasteiger charge is -2.22. The van der Waals surface area contributed by atoms with Crippen molar-refractivity contribution in [1.29, 1.82) is 0 Å². The largest absolute Gasteiger partial charge is 0.391 e. The number of rotatable bonds is 6. The average Bonchev–Trinajstić information content (AvgIpc) is 2.35. The van der Waals surface area contributed by atoms with E-state index in [1.54, 1.807) is 0 Å². The Morgan fingerprint density at radius 3 is 2.20 bits per heavy atom. The predicted molar refractivity (Wildman–Crippen MR) is 85.6 cm³/mol. The molecule has 1 aromatic rings. The van der Waals surface area contributed by atoms with Gasteiger partial charge in [-0.3, -0.25) is 4.21 Å². The van der Waals surface area contributed by atoms with Crippen LogP contribution in [0.2, 0.25) is 0 Å². The quantitative estimate of drug-likeness (QED) is 0.849. The van der Waals surface area contributed by atoms with E-state index in [0.717, 1.165) is 4.90 Å². The monoisotopic (exact) mass is 297 g/mol. The van der Waals surface area contributed by atoms with Crippen molar-refractivity contribution >= 4 is 10.8 Å². The molecule has 114 valence electrons. The van der Waals surface area contributed by atoms with E-state index in [2.05, 4.69) is 19.2 Å². The summed E-state index contributed by atoms with van der Waals surface area (Å²) in [6, 6.07) is 7.82. The second-order valence-corrected chi connectivity index (χ2v) is 8.02. The molecular weight excluding hydrogens is 270 g/mol. The van der Waals surface area contributed by atoms with Gasteiger partial charge in [0, 0.05) is 17.0 Å². The van der Waals surface area contributed by atoms with Gasteiger partial charge in [-0.1, -0.05) is 26.0 Å². The molecule has 4 heteroatoms. The first-order chi connectivity index (χ1) is 9.19. The highest BCUT2D eigenvalue weighted by Crippen LogP contribution is 2.16. The molecule has 0 aliphatic carbocycles. The van der Waals surface area contributed by atoms with Gasteiger partial charge < -0.3 is 10.4 Å². The molecular formula is C16H27NO2S. The SMILES string of the molecule is CC(C)c1ccc(S(=O)CC(O)CNC(C)(C)C)cc1. The van der Waals surface area contributed by atoms with Gasteiger partial charge in [-0.25, -0.2) is 0 Å². The highest BCUT2D eigenvalue weighted by atomic mass is 32.2. The summed E-state index contributed by atoms with van der Waals surface area (Å²) in [4.78, 5) is 0.782. The van der Waals surface area contributed by atoms with E-state index in [1.165, 1.54) is 5.56 Å². The molecule has 0 amide bonds. The lowest BCUT2D eigenvalue weighted by molar-refractivity contribution is 0.182. The zero-order valence-electron chi connectivity index (χ0n) is 13.1. The Balaban J connectivity index is 2.53. The maximum absolute atomic E-state index is 12.2. The van der Waals surface area contributed by atoms with Crippen LogP contribution in [0.15, 0.2) is 29.2 Å². The Morgan fingerprint density at radius 1 is 1.20 bits per heavy atom. The minimum absolute atomic E-state index is 0.0403. The third kappa shape index (κ3) is 6.16. The second-order valence-electron chi connectivity index (χ2n) is 6.52. The van der Waals surface area contributed by atoms with Crippen LogP contribution in [-0.2, 0) is 10.8 Å². The van der Waals surface area contributed by atoms with Crippen molar-refractivity contribution in [3.05, 3.63) is 29.8 Å². The van der Waals surface area contributed by atoms with Crippen LogP contribution in [-0.4, -0.2) is 33.3 Å². The first-order valence-corrected chi connectivity index (χ1v) is 8.42. The molecule has 2 N–H and O–H groups in total. The van der Waals surface area contributed by atoms with E-state index in [1.807, 2.05) is 45.0 Å². The standard InChI is InChI=1S/C16H27NO2S/c1-12(2)13-6-8-15(9-7-13)20(19)11-14(18)10-17-16(3,4)5/h6-9,12,14,17-18H,10-11H2,1-5H3. The van der Waals surface area contributed by atoms with Gasteiger partial charge in [0.2, 0.25) is 0 Å². The van der Waals surface area contributed by atoms with Crippen molar-refractivity contribution in [2.75, 3.05) is 12.3 Å². The number of benzene rings is 1. The van der Waals surface area contributed by atoms with Gasteiger partial charge in [0.15, 0.2) is 0 Å². The van der Waals surface area contributed by atoms with Crippen molar-refractivity contribution in [3.63, 3.8) is 0 Å². The fourth-order valence-electron chi connectivity index (χ4n) is 1.76. The summed E-state index contributed by atoms with van der Waals surface area (Å²) >= 11 is 0. The molecule has 0 aliphatic rings. The first-order valence-electron chi connectivity index (χ1n) is 7.10. The number of aliphatic hydroxyl groups excluding tert-OH is 1. The average molecular weight is 297 g/mol. The molecule has 0 aliphatic heterocycles. The Kier molecular flexibility index (Phi) is 6.37. The van der Waals surface area contributed by atoms with Gasteiger partial charge in [-0.05, 0) is 44.4 Å². The van der Waals surface area contributed by atoms with E-state index < -0.39 is 16.9 Å². The smallest absolute Gasteiger partial charge is 0.0783 e. The van der Waals surface area contributed by atoms with E-state index in [4.69, 9.17) is 0 Å². The van der Waals surface area contributed by atoms with Gasteiger partial charge in [0.05, 0.1) is 22.7 Å². The Hall–Kier alpha value is -0.710. The number of β-amino-alcohol motifs (C(OH)–C–C–N with tert-alkyl or cyclic N) is 1. The molecule has 20 heavy (non-hydrogen) atoms. The third-order valence-electron chi connectivity index (χ3n) is 3.02. The normalized spacial score (nSPS) is 15.3. The maximum Gasteiger partial charge on any atom is 0.0783 e. The summed E-state index contributed by atoms with van der Waals surface area (Å²) in [5, 5.41) is 13.1. The van der Waals surface area contributed by atoms with Crippen molar-refractivity contribution in [1.82, 2.24) is 5.32 Å².